The zero-order valence-corrected chi connectivity index (χ0v) is 16.4. The number of ether oxygens (including phenoxy) is 3. The lowest BCUT2D eigenvalue weighted by molar-refractivity contribution is -0.149. The van der Waals surface area contributed by atoms with E-state index in [0.29, 0.717) is 5.75 Å². The van der Waals surface area contributed by atoms with E-state index in [4.69, 9.17) is 14.2 Å². The Balaban J connectivity index is 1.47. The smallest absolute Gasteiger partial charge is 0.325 e. The summed E-state index contributed by atoms with van der Waals surface area (Å²) in [5.74, 6) is -1.54. The quantitative estimate of drug-likeness (QED) is 0.534. The third kappa shape index (κ3) is 3.27. The van der Waals surface area contributed by atoms with Crippen LogP contribution in [0, 0.1) is 11.8 Å². The first-order valence-electron chi connectivity index (χ1n) is 9.70. The number of methoxy groups -OCH3 is 1. The van der Waals surface area contributed by atoms with Crippen molar-refractivity contribution in [1.82, 2.24) is 10.2 Å². The molecule has 2 fully saturated rings. The standard InChI is InChI=1S/C21H24N2O6/c1-3-28-16(24)11-23-12-21-9-8-15(29-21)17(18(21)20(23)26)19(25)22-10-13-6-4-5-7-14(13)27-2/h4-9,15,17-18H,3,10-12H2,1-2H3,(H,22,25)/t15-,17-,18-,21-/m1/s1. The summed E-state index contributed by atoms with van der Waals surface area (Å²) >= 11 is 0. The Hall–Kier alpha value is -2.87. The van der Waals surface area contributed by atoms with Crippen LogP contribution in [0.15, 0.2) is 36.4 Å². The highest BCUT2D eigenvalue weighted by Crippen LogP contribution is 2.51. The molecule has 2 bridgehead atoms. The van der Waals surface area contributed by atoms with Crippen LogP contribution in [-0.4, -0.2) is 61.2 Å². The Morgan fingerprint density at radius 2 is 2.14 bits per heavy atom. The number of amides is 2. The molecule has 8 nitrogen and oxygen atoms in total. The fraction of sp³-hybridized carbons (Fsp3) is 0.476. The molecule has 3 aliphatic rings. The van der Waals surface area contributed by atoms with Gasteiger partial charge in [0.2, 0.25) is 11.8 Å². The Kier molecular flexibility index (Phi) is 5.04. The van der Waals surface area contributed by atoms with Crippen molar-refractivity contribution in [2.45, 2.75) is 25.2 Å². The molecule has 29 heavy (non-hydrogen) atoms. The molecule has 1 aromatic carbocycles. The van der Waals surface area contributed by atoms with Gasteiger partial charge < -0.3 is 24.4 Å². The SMILES string of the molecule is CCOC(=O)CN1C[C@@]23C=C[C@@H](O2)[C@@H](C(=O)NCc2ccccc2OC)[C@@H]3C1=O. The van der Waals surface area contributed by atoms with E-state index in [9.17, 15) is 14.4 Å². The molecule has 0 aromatic heterocycles. The summed E-state index contributed by atoms with van der Waals surface area (Å²) < 4.78 is 16.3. The number of nitrogens with one attached hydrogen (secondary N) is 1. The minimum Gasteiger partial charge on any atom is -0.496 e. The van der Waals surface area contributed by atoms with Gasteiger partial charge in [-0.25, -0.2) is 0 Å². The van der Waals surface area contributed by atoms with Gasteiger partial charge in [0.25, 0.3) is 0 Å². The molecule has 3 heterocycles. The third-order valence-electron chi connectivity index (χ3n) is 5.75. The van der Waals surface area contributed by atoms with Gasteiger partial charge >= 0.3 is 5.97 Å². The van der Waals surface area contributed by atoms with Gasteiger partial charge in [0.1, 0.15) is 17.9 Å². The lowest BCUT2D eigenvalue weighted by atomic mass is 9.77. The number of benzene rings is 1. The monoisotopic (exact) mass is 400 g/mol. The molecule has 0 unspecified atom stereocenters. The van der Waals surface area contributed by atoms with Crippen LogP contribution in [-0.2, 0) is 30.4 Å². The summed E-state index contributed by atoms with van der Waals surface area (Å²) in [6.45, 7) is 2.37. The van der Waals surface area contributed by atoms with Crippen LogP contribution in [0.2, 0.25) is 0 Å². The van der Waals surface area contributed by atoms with Gasteiger partial charge in [0, 0.05) is 12.1 Å². The number of para-hydroxylation sites is 1. The van der Waals surface area contributed by atoms with E-state index in [2.05, 4.69) is 5.32 Å². The van der Waals surface area contributed by atoms with Crippen molar-refractivity contribution in [2.75, 3.05) is 26.8 Å². The molecule has 154 valence electrons. The van der Waals surface area contributed by atoms with Crippen LogP contribution in [0.4, 0.5) is 0 Å². The van der Waals surface area contributed by atoms with Gasteiger partial charge in [-0.05, 0) is 13.0 Å². The van der Waals surface area contributed by atoms with Crippen molar-refractivity contribution in [3.8, 4) is 5.75 Å². The van der Waals surface area contributed by atoms with E-state index in [1.165, 1.54) is 4.90 Å². The maximum Gasteiger partial charge on any atom is 0.325 e. The number of fused-ring (bicyclic) bond motifs is 1. The summed E-state index contributed by atoms with van der Waals surface area (Å²) in [5, 5.41) is 2.91. The Morgan fingerprint density at radius 3 is 2.90 bits per heavy atom. The van der Waals surface area contributed by atoms with Gasteiger partial charge in [0.05, 0.1) is 38.2 Å². The molecule has 0 radical (unpaired) electrons. The molecule has 4 rings (SSSR count). The number of rotatable bonds is 7. The molecular formula is C21H24N2O6. The van der Waals surface area contributed by atoms with Gasteiger partial charge in [-0.2, -0.15) is 0 Å². The van der Waals surface area contributed by atoms with Crippen LogP contribution in [0.1, 0.15) is 12.5 Å². The Labute approximate surface area is 168 Å². The molecule has 3 aliphatic heterocycles. The first kappa shape index (κ1) is 19.4. The second-order valence-corrected chi connectivity index (χ2v) is 7.43. The van der Waals surface area contributed by atoms with Crippen molar-refractivity contribution < 1.29 is 28.6 Å². The predicted octanol–water partition coefficient (Wildman–Crippen LogP) is 0.657. The highest BCUT2D eigenvalue weighted by Gasteiger charge is 2.66. The number of nitrogens with zero attached hydrogens (tertiary/aromatic N) is 1. The number of hydrogen-bond donors (Lipinski definition) is 1. The number of hydrogen-bond acceptors (Lipinski definition) is 6. The molecule has 0 aliphatic carbocycles. The largest absolute Gasteiger partial charge is 0.496 e. The van der Waals surface area contributed by atoms with Gasteiger partial charge in [-0.1, -0.05) is 30.4 Å². The van der Waals surface area contributed by atoms with Crippen molar-refractivity contribution in [3.05, 3.63) is 42.0 Å². The highest BCUT2D eigenvalue weighted by molar-refractivity contribution is 5.94. The van der Waals surface area contributed by atoms with Crippen LogP contribution in [0.5, 0.6) is 5.75 Å². The molecule has 1 aromatic rings. The number of esters is 1. The normalized spacial score (nSPS) is 29.1. The van der Waals surface area contributed by atoms with Crippen LogP contribution < -0.4 is 10.1 Å². The lowest BCUT2D eigenvalue weighted by Crippen LogP contribution is -2.44. The fourth-order valence-corrected chi connectivity index (χ4v) is 4.52. The van der Waals surface area contributed by atoms with Gasteiger partial charge in [-0.15, -0.1) is 0 Å². The number of likely N-dealkylation sites (tertiary alicyclic amines) is 1. The van der Waals surface area contributed by atoms with Crippen molar-refractivity contribution in [2.24, 2.45) is 11.8 Å². The predicted molar refractivity (Wildman–Crippen MR) is 102 cm³/mol. The summed E-state index contributed by atoms with van der Waals surface area (Å²) in [5.41, 5.74) is 0.0000959. The topological polar surface area (TPSA) is 94.2 Å². The average molecular weight is 400 g/mol. The number of carbonyl (C=O) groups excluding carboxylic acids is 3. The molecule has 0 saturated carbocycles. The summed E-state index contributed by atoms with van der Waals surface area (Å²) in [6, 6.07) is 7.43. The maximum atomic E-state index is 13.0. The van der Waals surface area contributed by atoms with E-state index >= 15 is 0 Å². The third-order valence-corrected chi connectivity index (χ3v) is 5.75. The van der Waals surface area contributed by atoms with Gasteiger partial charge in [-0.3, -0.25) is 14.4 Å². The molecule has 4 atom stereocenters. The van der Waals surface area contributed by atoms with E-state index in [0.717, 1.165) is 5.56 Å². The average Bonchev–Trinajstić information content (AvgIpc) is 3.35. The van der Waals surface area contributed by atoms with E-state index < -0.39 is 29.5 Å². The second-order valence-electron chi connectivity index (χ2n) is 7.43. The Morgan fingerprint density at radius 1 is 1.34 bits per heavy atom. The van der Waals surface area contributed by atoms with Crippen LogP contribution in [0.25, 0.3) is 0 Å². The molecule has 1 N–H and O–H groups in total. The number of carbonyl (C=O) groups is 3. The molecule has 2 amide bonds. The van der Waals surface area contributed by atoms with Crippen molar-refractivity contribution >= 4 is 17.8 Å². The zero-order chi connectivity index (χ0) is 20.6. The maximum absolute atomic E-state index is 13.0. The minimum absolute atomic E-state index is 0.137. The van der Waals surface area contributed by atoms with E-state index in [-0.39, 0.29) is 38.1 Å². The first-order valence-corrected chi connectivity index (χ1v) is 9.70. The lowest BCUT2D eigenvalue weighted by Gasteiger charge is -2.23. The molecule has 8 heteroatoms. The highest BCUT2D eigenvalue weighted by atomic mass is 16.5. The molecule has 1 spiro atoms. The van der Waals surface area contributed by atoms with E-state index in [1.807, 2.05) is 36.4 Å². The van der Waals surface area contributed by atoms with Gasteiger partial charge in [0.15, 0.2) is 0 Å². The summed E-state index contributed by atoms with van der Waals surface area (Å²) in [6.07, 6.45) is 3.26. The van der Waals surface area contributed by atoms with E-state index in [1.54, 1.807) is 14.0 Å². The van der Waals surface area contributed by atoms with Crippen LogP contribution >= 0.6 is 0 Å². The fourth-order valence-electron chi connectivity index (χ4n) is 4.52. The first-order chi connectivity index (χ1) is 14.0. The van der Waals surface area contributed by atoms with Crippen LogP contribution in [0.3, 0.4) is 0 Å². The summed E-state index contributed by atoms with van der Waals surface area (Å²) in [4.78, 5) is 39.3. The Bertz CT molecular complexity index is 868. The molecule has 2 saturated heterocycles. The molecular weight excluding hydrogens is 376 g/mol. The van der Waals surface area contributed by atoms with Crippen molar-refractivity contribution in [3.63, 3.8) is 0 Å². The summed E-state index contributed by atoms with van der Waals surface area (Å²) in [7, 11) is 1.58. The second kappa shape index (κ2) is 7.51. The minimum atomic E-state index is -0.847. The van der Waals surface area contributed by atoms with Crippen molar-refractivity contribution in [1.29, 1.82) is 0 Å². The zero-order valence-electron chi connectivity index (χ0n) is 16.4.